The van der Waals surface area contributed by atoms with E-state index < -0.39 is 0 Å². The zero-order valence-electron chi connectivity index (χ0n) is 11.3. The molecule has 104 valence electrons. The highest BCUT2D eigenvalue weighted by molar-refractivity contribution is 14.1. The van der Waals surface area contributed by atoms with Crippen molar-refractivity contribution in [3.05, 3.63) is 45.8 Å². The third kappa shape index (κ3) is 7.97. The minimum absolute atomic E-state index is 0.468. The molecule has 0 aliphatic rings. The van der Waals surface area contributed by atoms with E-state index in [-0.39, 0.29) is 0 Å². The number of aryl methyl sites for hydroxylation is 1. The molecule has 0 atom stereocenters. The quantitative estimate of drug-likeness (QED) is 0.314. The topological polar surface area (TPSA) is 46.0 Å². The van der Waals surface area contributed by atoms with Crippen molar-refractivity contribution in [2.45, 2.75) is 45.4 Å². The van der Waals surface area contributed by atoms with Gasteiger partial charge in [-0.25, -0.2) is 9.97 Å². The summed E-state index contributed by atoms with van der Waals surface area (Å²) in [4.78, 5) is 8.54. The van der Waals surface area contributed by atoms with Crippen LogP contribution in [0.25, 0.3) is 0 Å². The number of aliphatic hydroxyl groups excluding tert-OH is 1. The van der Waals surface area contributed by atoms with E-state index in [1.807, 2.05) is 24.5 Å². The van der Waals surface area contributed by atoms with Crippen molar-refractivity contribution < 1.29 is 5.11 Å². The summed E-state index contributed by atoms with van der Waals surface area (Å²) in [6, 6.07) is 0. The summed E-state index contributed by atoms with van der Waals surface area (Å²) in [5.74, 6) is 1.38. The zero-order chi connectivity index (χ0) is 13.9. The monoisotopic (exact) mass is 372 g/mol. The average Bonchev–Trinajstić information content (AvgIpc) is 2.41. The van der Waals surface area contributed by atoms with Crippen LogP contribution in [0.2, 0.25) is 0 Å². The smallest absolute Gasteiger partial charge is 0.128 e. The molecule has 1 rings (SSSR count). The Hall–Kier alpha value is -0.910. The highest BCUT2D eigenvalue weighted by Gasteiger charge is 1.98. The fourth-order valence-corrected chi connectivity index (χ4v) is 1.91. The van der Waals surface area contributed by atoms with Gasteiger partial charge >= 0.3 is 0 Å². The lowest BCUT2D eigenvalue weighted by atomic mass is 10.1. The molecule has 0 saturated carbocycles. The van der Waals surface area contributed by atoms with E-state index >= 15 is 0 Å². The van der Waals surface area contributed by atoms with E-state index in [1.54, 1.807) is 6.08 Å². The van der Waals surface area contributed by atoms with E-state index in [2.05, 4.69) is 39.5 Å². The molecule has 19 heavy (non-hydrogen) atoms. The number of halogens is 1. The van der Waals surface area contributed by atoms with Gasteiger partial charge in [0, 0.05) is 28.8 Å². The van der Waals surface area contributed by atoms with Crippen LogP contribution in [0.5, 0.6) is 0 Å². The first-order valence-electron chi connectivity index (χ1n) is 6.73. The molecule has 0 fully saturated rings. The maximum atomic E-state index is 9.61. The van der Waals surface area contributed by atoms with Crippen LogP contribution in [0.3, 0.4) is 0 Å². The largest absolute Gasteiger partial charge is 0.512 e. The van der Waals surface area contributed by atoms with E-state index in [4.69, 9.17) is 0 Å². The summed E-state index contributed by atoms with van der Waals surface area (Å²) in [6.07, 6.45) is 15.2. The molecule has 0 amide bonds. The Kier molecular flexibility index (Phi) is 8.45. The second-order valence-corrected chi connectivity index (χ2v) is 5.62. The van der Waals surface area contributed by atoms with Crippen LogP contribution in [0.4, 0.5) is 0 Å². The van der Waals surface area contributed by atoms with Crippen molar-refractivity contribution in [1.29, 1.82) is 0 Å². The average molecular weight is 372 g/mol. The Morgan fingerprint density at radius 1 is 1.26 bits per heavy atom. The van der Waals surface area contributed by atoms with Crippen molar-refractivity contribution in [3.8, 4) is 0 Å². The summed E-state index contributed by atoms with van der Waals surface area (Å²) in [5.41, 5.74) is 0. The molecule has 1 heterocycles. The first-order valence-corrected chi connectivity index (χ1v) is 7.81. The van der Waals surface area contributed by atoms with Gasteiger partial charge in [0.25, 0.3) is 0 Å². The molecule has 4 heteroatoms. The molecule has 0 bridgehead atoms. The number of hydrogen-bond donors (Lipinski definition) is 1. The van der Waals surface area contributed by atoms with Crippen LogP contribution < -0.4 is 0 Å². The van der Waals surface area contributed by atoms with Crippen LogP contribution in [0.15, 0.2) is 36.4 Å². The molecule has 0 aliphatic heterocycles. The van der Waals surface area contributed by atoms with Gasteiger partial charge < -0.3 is 5.11 Å². The van der Waals surface area contributed by atoms with Gasteiger partial charge in [0.15, 0.2) is 0 Å². The lowest BCUT2D eigenvalue weighted by molar-refractivity contribution is 0.381. The lowest BCUT2D eigenvalue weighted by Gasteiger charge is -2.01. The highest BCUT2D eigenvalue weighted by atomic mass is 127. The maximum Gasteiger partial charge on any atom is 0.128 e. The number of hydrogen-bond acceptors (Lipinski definition) is 3. The summed E-state index contributed by atoms with van der Waals surface area (Å²) in [6.45, 7) is 2.08. The van der Waals surface area contributed by atoms with Crippen molar-refractivity contribution >= 4 is 22.6 Å². The maximum absolute atomic E-state index is 9.61. The summed E-state index contributed by atoms with van der Waals surface area (Å²) in [7, 11) is 0. The Balaban J connectivity index is 2.12. The SMILES string of the molecule is CC/C=C\C=C(\O)CCCCCc1ncc(I)cn1. The van der Waals surface area contributed by atoms with Crippen LogP contribution in [-0.2, 0) is 6.42 Å². The van der Waals surface area contributed by atoms with Crippen LogP contribution >= 0.6 is 22.6 Å². The number of aromatic nitrogens is 2. The molecule has 1 N–H and O–H groups in total. The molecule has 0 unspecified atom stereocenters. The van der Waals surface area contributed by atoms with Gasteiger partial charge in [-0.3, -0.25) is 0 Å². The third-order valence-electron chi connectivity index (χ3n) is 2.67. The molecular weight excluding hydrogens is 351 g/mol. The normalized spacial score (nSPS) is 12.2. The predicted molar refractivity (Wildman–Crippen MR) is 87.1 cm³/mol. The molecule has 0 aromatic carbocycles. The first kappa shape index (κ1) is 16.1. The minimum atomic E-state index is 0.468. The van der Waals surface area contributed by atoms with E-state index in [9.17, 15) is 5.11 Å². The molecular formula is C15H21IN2O. The summed E-state index contributed by atoms with van der Waals surface area (Å²) < 4.78 is 1.07. The van der Waals surface area contributed by atoms with Gasteiger partial charge in [-0.2, -0.15) is 0 Å². The fraction of sp³-hybridized carbons (Fsp3) is 0.467. The minimum Gasteiger partial charge on any atom is -0.512 e. The second-order valence-electron chi connectivity index (χ2n) is 4.37. The lowest BCUT2D eigenvalue weighted by Crippen LogP contribution is -1.95. The molecule has 3 nitrogen and oxygen atoms in total. The van der Waals surface area contributed by atoms with Crippen LogP contribution in [0.1, 0.15) is 44.9 Å². The second kappa shape index (κ2) is 9.95. The van der Waals surface area contributed by atoms with Crippen molar-refractivity contribution in [2.75, 3.05) is 0 Å². The molecule has 1 aromatic heterocycles. The Morgan fingerprint density at radius 3 is 2.68 bits per heavy atom. The fourth-order valence-electron chi connectivity index (χ4n) is 1.63. The highest BCUT2D eigenvalue weighted by Crippen LogP contribution is 2.09. The van der Waals surface area contributed by atoms with Gasteiger partial charge in [-0.15, -0.1) is 0 Å². The molecule has 1 aromatic rings. The number of unbranched alkanes of at least 4 members (excludes halogenated alkanes) is 2. The van der Waals surface area contributed by atoms with Gasteiger partial charge in [0.05, 0.1) is 5.76 Å². The van der Waals surface area contributed by atoms with Crippen molar-refractivity contribution in [3.63, 3.8) is 0 Å². The van der Waals surface area contributed by atoms with Crippen LogP contribution in [0, 0.1) is 3.57 Å². The van der Waals surface area contributed by atoms with Crippen molar-refractivity contribution in [1.82, 2.24) is 9.97 Å². The standard InChI is InChI=1S/C15H21IN2O/c1-2-3-5-8-14(19)9-6-4-7-10-15-17-11-13(16)12-18-15/h3,5,8,11-12,19H,2,4,6-7,9-10H2,1H3/b5-3-,14-8+. The number of rotatable bonds is 8. The van der Waals surface area contributed by atoms with E-state index in [0.29, 0.717) is 5.76 Å². The molecule has 0 aliphatic carbocycles. The number of allylic oxidation sites excluding steroid dienone is 4. The molecule has 0 saturated heterocycles. The van der Waals surface area contributed by atoms with E-state index in [1.165, 1.54) is 0 Å². The van der Waals surface area contributed by atoms with Gasteiger partial charge in [0.2, 0.25) is 0 Å². The Bertz CT molecular complexity index is 413. The predicted octanol–water partition coefficient (Wildman–Crippen LogP) is 4.59. The van der Waals surface area contributed by atoms with Gasteiger partial charge in [-0.1, -0.05) is 25.5 Å². The van der Waals surface area contributed by atoms with Crippen LogP contribution in [-0.4, -0.2) is 15.1 Å². The van der Waals surface area contributed by atoms with Gasteiger partial charge in [0.1, 0.15) is 5.82 Å². The molecule has 0 radical (unpaired) electrons. The summed E-state index contributed by atoms with van der Waals surface area (Å²) >= 11 is 2.20. The van der Waals surface area contributed by atoms with Crippen molar-refractivity contribution in [2.24, 2.45) is 0 Å². The third-order valence-corrected chi connectivity index (χ3v) is 3.22. The van der Waals surface area contributed by atoms with E-state index in [0.717, 1.165) is 47.9 Å². The Morgan fingerprint density at radius 2 is 2.00 bits per heavy atom. The Labute approximate surface area is 129 Å². The first-order chi connectivity index (χ1) is 9.22. The zero-order valence-corrected chi connectivity index (χ0v) is 13.5. The van der Waals surface area contributed by atoms with Gasteiger partial charge in [-0.05, 0) is 47.9 Å². The number of nitrogens with zero attached hydrogens (tertiary/aromatic N) is 2. The summed E-state index contributed by atoms with van der Waals surface area (Å²) in [5, 5.41) is 9.61. The molecule has 0 spiro atoms. The number of aliphatic hydroxyl groups is 1.